The first-order chi connectivity index (χ1) is 9.56. The molecule has 2 aromatic carbocycles. The van der Waals surface area contributed by atoms with Crippen LogP contribution in [-0.4, -0.2) is 6.03 Å². The van der Waals surface area contributed by atoms with Crippen molar-refractivity contribution in [2.24, 2.45) is 0 Å². The Bertz CT molecular complexity index is 628. The molecule has 0 unspecified atom stereocenters. The smallest absolute Gasteiger partial charge is 0.319 e. The van der Waals surface area contributed by atoms with Crippen molar-refractivity contribution < 1.29 is 4.79 Å². The second-order valence-corrected chi connectivity index (χ2v) is 4.89. The molecule has 0 atom stereocenters. The first-order valence-electron chi connectivity index (χ1n) is 6.20. The number of urea groups is 1. The highest BCUT2D eigenvalue weighted by atomic mass is 35.5. The standard InChI is InChI=1S/C15H16ClN3O/c1-10-11(4-2-7-14(10)17)9-18-15(20)19-13-6-3-5-12(16)8-13/h2-8H,9,17H2,1H3,(H2,18,19,20). The average molecular weight is 290 g/mol. The molecule has 104 valence electrons. The van der Waals surface area contributed by atoms with Crippen molar-refractivity contribution in [3.63, 3.8) is 0 Å². The molecule has 0 aliphatic carbocycles. The van der Waals surface area contributed by atoms with Crippen molar-refractivity contribution in [1.29, 1.82) is 0 Å². The molecule has 0 spiro atoms. The lowest BCUT2D eigenvalue weighted by molar-refractivity contribution is 0.251. The molecule has 4 N–H and O–H groups in total. The second kappa shape index (κ2) is 6.30. The molecular weight excluding hydrogens is 274 g/mol. The summed E-state index contributed by atoms with van der Waals surface area (Å²) in [6.45, 7) is 2.35. The number of rotatable bonds is 3. The van der Waals surface area contributed by atoms with Crippen LogP contribution in [0.3, 0.4) is 0 Å². The lowest BCUT2D eigenvalue weighted by Gasteiger charge is -2.11. The molecule has 2 amide bonds. The van der Waals surface area contributed by atoms with Crippen LogP contribution in [0.2, 0.25) is 5.02 Å². The summed E-state index contributed by atoms with van der Waals surface area (Å²) in [6.07, 6.45) is 0. The number of halogens is 1. The molecule has 0 fully saturated rings. The van der Waals surface area contributed by atoms with Gasteiger partial charge in [0.2, 0.25) is 0 Å². The van der Waals surface area contributed by atoms with Crippen LogP contribution >= 0.6 is 11.6 Å². The maximum atomic E-state index is 11.8. The number of carbonyl (C=O) groups excluding carboxylic acids is 1. The SMILES string of the molecule is Cc1c(N)cccc1CNC(=O)Nc1cccc(Cl)c1. The fourth-order valence-electron chi connectivity index (χ4n) is 1.81. The van der Waals surface area contributed by atoms with E-state index in [-0.39, 0.29) is 6.03 Å². The molecule has 0 saturated carbocycles. The van der Waals surface area contributed by atoms with Crippen LogP contribution in [0.4, 0.5) is 16.2 Å². The van der Waals surface area contributed by atoms with Crippen LogP contribution in [0.5, 0.6) is 0 Å². The Labute approximate surface area is 122 Å². The minimum Gasteiger partial charge on any atom is -0.399 e. The fraction of sp³-hybridized carbons (Fsp3) is 0.133. The first kappa shape index (κ1) is 14.2. The summed E-state index contributed by atoms with van der Waals surface area (Å²) in [5.74, 6) is 0. The monoisotopic (exact) mass is 289 g/mol. The summed E-state index contributed by atoms with van der Waals surface area (Å²) in [5, 5.41) is 6.09. The highest BCUT2D eigenvalue weighted by molar-refractivity contribution is 6.30. The minimum absolute atomic E-state index is 0.283. The third-order valence-electron chi connectivity index (χ3n) is 3.01. The van der Waals surface area contributed by atoms with E-state index in [0.29, 0.717) is 17.3 Å². The van der Waals surface area contributed by atoms with Crippen LogP contribution < -0.4 is 16.4 Å². The third-order valence-corrected chi connectivity index (χ3v) is 3.24. The average Bonchev–Trinajstić information content (AvgIpc) is 2.40. The quantitative estimate of drug-likeness (QED) is 0.756. The number of hydrogen-bond acceptors (Lipinski definition) is 2. The number of carbonyl (C=O) groups is 1. The van der Waals surface area contributed by atoms with Crippen molar-refractivity contribution in [1.82, 2.24) is 5.32 Å². The third kappa shape index (κ3) is 3.65. The van der Waals surface area contributed by atoms with Gasteiger partial charge in [0.25, 0.3) is 0 Å². The van der Waals surface area contributed by atoms with E-state index < -0.39 is 0 Å². The van der Waals surface area contributed by atoms with E-state index in [1.54, 1.807) is 24.3 Å². The lowest BCUT2D eigenvalue weighted by atomic mass is 10.1. The van der Waals surface area contributed by atoms with Gasteiger partial charge in [-0.05, 0) is 42.3 Å². The summed E-state index contributed by atoms with van der Waals surface area (Å²) in [4.78, 5) is 11.8. The van der Waals surface area contributed by atoms with Gasteiger partial charge < -0.3 is 16.4 Å². The molecule has 2 aromatic rings. The largest absolute Gasteiger partial charge is 0.399 e. The van der Waals surface area contributed by atoms with E-state index in [0.717, 1.165) is 16.8 Å². The van der Waals surface area contributed by atoms with E-state index in [2.05, 4.69) is 10.6 Å². The zero-order valence-corrected chi connectivity index (χ0v) is 11.9. The topological polar surface area (TPSA) is 67.1 Å². The summed E-state index contributed by atoms with van der Waals surface area (Å²) < 4.78 is 0. The van der Waals surface area contributed by atoms with Gasteiger partial charge in [0.05, 0.1) is 0 Å². The second-order valence-electron chi connectivity index (χ2n) is 4.45. The van der Waals surface area contributed by atoms with E-state index in [9.17, 15) is 4.79 Å². The van der Waals surface area contributed by atoms with Gasteiger partial charge in [-0.2, -0.15) is 0 Å². The Balaban J connectivity index is 1.94. The van der Waals surface area contributed by atoms with Crippen LogP contribution in [0, 0.1) is 6.92 Å². The minimum atomic E-state index is -0.283. The Kier molecular flexibility index (Phi) is 4.48. The number of benzene rings is 2. The van der Waals surface area contributed by atoms with Crippen molar-refractivity contribution in [3.8, 4) is 0 Å². The first-order valence-corrected chi connectivity index (χ1v) is 6.58. The van der Waals surface area contributed by atoms with Crippen molar-refractivity contribution >= 4 is 29.0 Å². The van der Waals surface area contributed by atoms with Gasteiger partial charge in [0.15, 0.2) is 0 Å². The number of hydrogen-bond donors (Lipinski definition) is 3. The van der Waals surface area contributed by atoms with Crippen LogP contribution in [-0.2, 0) is 6.54 Å². The molecule has 4 nitrogen and oxygen atoms in total. The molecule has 0 saturated heterocycles. The molecule has 2 rings (SSSR count). The number of amides is 2. The van der Waals surface area contributed by atoms with Crippen LogP contribution in [0.15, 0.2) is 42.5 Å². The number of nitrogens with one attached hydrogen (secondary N) is 2. The Hall–Kier alpha value is -2.20. The van der Waals surface area contributed by atoms with E-state index in [1.807, 2.05) is 25.1 Å². The molecule has 5 heteroatoms. The number of nitrogen functional groups attached to an aromatic ring is 1. The predicted molar refractivity (Wildman–Crippen MR) is 82.9 cm³/mol. The molecule has 20 heavy (non-hydrogen) atoms. The van der Waals surface area contributed by atoms with E-state index >= 15 is 0 Å². The van der Waals surface area contributed by atoms with Crippen LogP contribution in [0.25, 0.3) is 0 Å². The normalized spacial score (nSPS) is 10.1. The van der Waals surface area contributed by atoms with Gasteiger partial charge in [0.1, 0.15) is 0 Å². The van der Waals surface area contributed by atoms with Gasteiger partial charge in [0, 0.05) is 22.9 Å². The molecule has 0 heterocycles. The van der Waals surface area contributed by atoms with E-state index in [4.69, 9.17) is 17.3 Å². The molecular formula is C15H16ClN3O. The number of nitrogens with two attached hydrogens (primary N) is 1. The van der Waals surface area contributed by atoms with Gasteiger partial charge in [-0.1, -0.05) is 29.8 Å². The maximum absolute atomic E-state index is 11.8. The summed E-state index contributed by atoms with van der Waals surface area (Å²) >= 11 is 5.85. The lowest BCUT2D eigenvalue weighted by Crippen LogP contribution is -2.28. The molecule has 0 aliphatic rings. The van der Waals surface area contributed by atoms with Gasteiger partial charge in [-0.25, -0.2) is 4.79 Å². The molecule has 0 bridgehead atoms. The van der Waals surface area contributed by atoms with Crippen molar-refractivity contribution in [2.75, 3.05) is 11.1 Å². The molecule has 0 radical (unpaired) electrons. The highest BCUT2D eigenvalue weighted by Crippen LogP contribution is 2.16. The summed E-state index contributed by atoms with van der Waals surface area (Å²) in [7, 11) is 0. The molecule has 0 aromatic heterocycles. The zero-order chi connectivity index (χ0) is 14.5. The van der Waals surface area contributed by atoms with Crippen molar-refractivity contribution in [3.05, 3.63) is 58.6 Å². The molecule has 0 aliphatic heterocycles. The maximum Gasteiger partial charge on any atom is 0.319 e. The predicted octanol–water partition coefficient (Wildman–Crippen LogP) is 3.55. The zero-order valence-electron chi connectivity index (χ0n) is 11.1. The Morgan fingerprint density at radius 3 is 2.75 bits per heavy atom. The van der Waals surface area contributed by atoms with E-state index in [1.165, 1.54) is 0 Å². The number of anilines is 2. The highest BCUT2D eigenvalue weighted by Gasteiger charge is 2.05. The summed E-state index contributed by atoms with van der Waals surface area (Å²) in [5.41, 5.74) is 9.17. The Morgan fingerprint density at radius 1 is 1.25 bits per heavy atom. The van der Waals surface area contributed by atoms with Crippen LogP contribution in [0.1, 0.15) is 11.1 Å². The van der Waals surface area contributed by atoms with Gasteiger partial charge in [-0.15, -0.1) is 0 Å². The Morgan fingerprint density at radius 2 is 2.00 bits per heavy atom. The van der Waals surface area contributed by atoms with Gasteiger partial charge in [-0.3, -0.25) is 0 Å². The summed E-state index contributed by atoms with van der Waals surface area (Å²) in [6, 6.07) is 12.4. The van der Waals surface area contributed by atoms with Crippen molar-refractivity contribution in [2.45, 2.75) is 13.5 Å². The van der Waals surface area contributed by atoms with Gasteiger partial charge >= 0.3 is 6.03 Å². The fourth-order valence-corrected chi connectivity index (χ4v) is 2.00.